The first-order valence-electron chi connectivity index (χ1n) is 6.48. The molecule has 0 saturated carbocycles. The zero-order valence-electron chi connectivity index (χ0n) is 10.3. The topological polar surface area (TPSA) is 21.3 Å². The molecule has 0 radical (unpaired) electrons. The summed E-state index contributed by atoms with van der Waals surface area (Å²) < 4.78 is 5.85. The molecule has 1 heterocycles. The molecule has 1 aliphatic rings. The van der Waals surface area contributed by atoms with Gasteiger partial charge in [0.15, 0.2) is 0 Å². The van der Waals surface area contributed by atoms with Crippen LogP contribution in [0.15, 0.2) is 54.6 Å². The normalized spacial score (nSPS) is 18.8. The number of benzene rings is 2. The van der Waals surface area contributed by atoms with Gasteiger partial charge in [0.05, 0.1) is 0 Å². The number of para-hydroxylation sites is 1. The average Bonchev–Trinajstić information content (AvgIpc) is 2.94. The van der Waals surface area contributed by atoms with Crippen LogP contribution in [-0.4, -0.2) is 6.54 Å². The first kappa shape index (κ1) is 11.3. The van der Waals surface area contributed by atoms with Gasteiger partial charge in [-0.1, -0.05) is 30.3 Å². The van der Waals surface area contributed by atoms with Gasteiger partial charge in [0, 0.05) is 6.04 Å². The third-order valence-corrected chi connectivity index (χ3v) is 3.30. The number of nitrogens with one attached hydrogen (secondary N) is 1. The highest BCUT2D eigenvalue weighted by atomic mass is 16.5. The minimum Gasteiger partial charge on any atom is -0.457 e. The average molecular weight is 239 g/mol. The molecule has 0 aliphatic carbocycles. The third kappa shape index (κ3) is 2.54. The lowest BCUT2D eigenvalue weighted by Gasteiger charge is -2.12. The van der Waals surface area contributed by atoms with Gasteiger partial charge in [0.2, 0.25) is 0 Å². The van der Waals surface area contributed by atoms with Gasteiger partial charge in [-0.25, -0.2) is 0 Å². The Bertz CT molecular complexity index is 504. The fourth-order valence-corrected chi connectivity index (χ4v) is 2.39. The Balaban J connectivity index is 1.78. The summed E-state index contributed by atoms with van der Waals surface area (Å²) in [6.45, 7) is 1.12. The summed E-state index contributed by atoms with van der Waals surface area (Å²) in [5.74, 6) is 1.79. The lowest BCUT2D eigenvalue weighted by molar-refractivity contribution is 0.480. The summed E-state index contributed by atoms with van der Waals surface area (Å²) in [6, 6.07) is 18.8. The second-order valence-corrected chi connectivity index (χ2v) is 4.64. The Hall–Kier alpha value is -1.80. The smallest absolute Gasteiger partial charge is 0.127 e. The molecule has 3 rings (SSSR count). The molecule has 18 heavy (non-hydrogen) atoms. The maximum absolute atomic E-state index is 5.85. The molecule has 1 N–H and O–H groups in total. The molecule has 2 aromatic rings. The van der Waals surface area contributed by atoms with E-state index in [4.69, 9.17) is 4.74 Å². The molecule has 1 aliphatic heterocycles. The van der Waals surface area contributed by atoms with Crippen LogP contribution in [0.1, 0.15) is 24.4 Å². The molecule has 2 heteroatoms. The first-order valence-corrected chi connectivity index (χ1v) is 6.48. The van der Waals surface area contributed by atoms with E-state index in [0.717, 1.165) is 18.0 Å². The van der Waals surface area contributed by atoms with Crippen LogP contribution in [-0.2, 0) is 0 Å². The molecule has 1 fully saturated rings. The summed E-state index contributed by atoms with van der Waals surface area (Å²) >= 11 is 0. The maximum atomic E-state index is 5.85. The number of hydrogen-bond acceptors (Lipinski definition) is 2. The molecule has 0 spiro atoms. The van der Waals surface area contributed by atoms with E-state index in [2.05, 4.69) is 23.5 Å². The van der Waals surface area contributed by atoms with Crippen LogP contribution < -0.4 is 10.1 Å². The van der Waals surface area contributed by atoms with Gasteiger partial charge in [0.25, 0.3) is 0 Å². The molecule has 0 bridgehead atoms. The highest BCUT2D eigenvalue weighted by Gasteiger charge is 2.16. The molecular formula is C16H17NO. The van der Waals surface area contributed by atoms with E-state index in [9.17, 15) is 0 Å². The Labute approximate surface area is 108 Å². The van der Waals surface area contributed by atoms with Crippen molar-refractivity contribution < 1.29 is 4.74 Å². The molecule has 1 atom stereocenters. The van der Waals surface area contributed by atoms with Crippen LogP contribution in [0.2, 0.25) is 0 Å². The Morgan fingerprint density at radius 3 is 2.56 bits per heavy atom. The monoisotopic (exact) mass is 239 g/mol. The quantitative estimate of drug-likeness (QED) is 0.877. The van der Waals surface area contributed by atoms with Crippen molar-refractivity contribution in [1.29, 1.82) is 0 Å². The van der Waals surface area contributed by atoms with Crippen LogP contribution in [0.5, 0.6) is 11.5 Å². The fourth-order valence-electron chi connectivity index (χ4n) is 2.39. The van der Waals surface area contributed by atoms with Crippen molar-refractivity contribution in [3.8, 4) is 11.5 Å². The summed E-state index contributed by atoms with van der Waals surface area (Å²) in [5.41, 5.74) is 1.32. The minimum absolute atomic E-state index is 0.490. The maximum Gasteiger partial charge on any atom is 0.127 e. The van der Waals surface area contributed by atoms with E-state index < -0.39 is 0 Å². The standard InChI is InChI=1S/C16H17NO/c1-2-7-14(8-3-1)18-15-9-4-6-13(12-15)16-10-5-11-17-16/h1-4,6-9,12,16-17H,5,10-11H2/t16-/m0/s1. The zero-order chi connectivity index (χ0) is 12.2. The van der Waals surface area contributed by atoms with Crippen molar-refractivity contribution >= 4 is 0 Å². The van der Waals surface area contributed by atoms with Crippen LogP contribution in [0.25, 0.3) is 0 Å². The van der Waals surface area contributed by atoms with Crippen molar-refractivity contribution in [3.05, 3.63) is 60.2 Å². The number of hydrogen-bond donors (Lipinski definition) is 1. The molecule has 0 aromatic heterocycles. The number of ether oxygens (including phenoxy) is 1. The fraction of sp³-hybridized carbons (Fsp3) is 0.250. The van der Waals surface area contributed by atoms with E-state index >= 15 is 0 Å². The molecule has 1 saturated heterocycles. The van der Waals surface area contributed by atoms with Gasteiger partial charge < -0.3 is 10.1 Å². The third-order valence-electron chi connectivity index (χ3n) is 3.30. The van der Waals surface area contributed by atoms with Crippen LogP contribution in [0, 0.1) is 0 Å². The van der Waals surface area contributed by atoms with Crippen molar-refractivity contribution in [3.63, 3.8) is 0 Å². The molecular weight excluding hydrogens is 222 g/mol. The molecule has 92 valence electrons. The lowest BCUT2D eigenvalue weighted by Crippen LogP contribution is -2.12. The predicted molar refractivity (Wildman–Crippen MR) is 72.9 cm³/mol. The van der Waals surface area contributed by atoms with Crippen LogP contribution in [0.3, 0.4) is 0 Å². The van der Waals surface area contributed by atoms with E-state index in [1.807, 2.05) is 36.4 Å². The largest absolute Gasteiger partial charge is 0.457 e. The van der Waals surface area contributed by atoms with Gasteiger partial charge in [0.1, 0.15) is 11.5 Å². The van der Waals surface area contributed by atoms with Gasteiger partial charge in [-0.05, 0) is 49.2 Å². The predicted octanol–water partition coefficient (Wildman–Crippen LogP) is 3.90. The van der Waals surface area contributed by atoms with E-state index in [1.54, 1.807) is 0 Å². The van der Waals surface area contributed by atoms with Crippen molar-refractivity contribution in [1.82, 2.24) is 5.32 Å². The van der Waals surface area contributed by atoms with Crippen molar-refractivity contribution in [2.75, 3.05) is 6.54 Å². The molecule has 2 aromatic carbocycles. The summed E-state index contributed by atoms with van der Waals surface area (Å²) in [7, 11) is 0. The van der Waals surface area contributed by atoms with E-state index in [-0.39, 0.29) is 0 Å². The molecule has 2 nitrogen and oxygen atoms in total. The second kappa shape index (κ2) is 5.23. The Morgan fingerprint density at radius 2 is 1.78 bits per heavy atom. The Kier molecular flexibility index (Phi) is 3.29. The van der Waals surface area contributed by atoms with Crippen molar-refractivity contribution in [2.45, 2.75) is 18.9 Å². The molecule has 0 amide bonds. The highest BCUT2D eigenvalue weighted by Crippen LogP contribution is 2.28. The Morgan fingerprint density at radius 1 is 0.944 bits per heavy atom. The van der Waals surface area contributed by atoms with E-state index in [0.29, 0.717) is 6.04 Å². The van der Waals surface area contributed by atoms with Crippen molar-refractivity contribution in [2.24, 2.45) is 0 Å². The summed E-state index contributed by atoms with van der Waals surface area (Å²) in [4.78, 5) is 0. The second-order valence-electron chi connectivity index (χ2n) is 4.64. The number of rotatable bonds is 3. The highest BCUT2D eigenvalue weighted by molar-refractivity contribution is 5.35. The van der Waals surface area contributed by atoms with Gasteiger partial charge in [-0.2, -0.15) is 0 Å². The SMILES string of the molecule is c1ccc(Oc2cccc([C@@H]3CCCN3)c2)cc1. The lowest BCUT2D eigenvalue weighted by atomic mass is 10.1. The van der Waals surface area contributed by atoms with E-state index in [1.165, 1.54) is 18.4 Å². The van der Waals surface area contributed by atoms with Gasteiger partial charge in [-0.15, -0.1) is 0 Å². The molecule has 0 unspecified atom stereocenters. The van der Waals surface area contributed by atoms with Gasteiger partial charge >= 0.3 is 0 Å². The van der Waals surface area contributed by atoms with Gasteiger partial charge in [-0.3, -0.25) is 0 Å². The summed E-state index contributed by atoms with van der Waals surface area (Å²) in [6.07, 6.45) is 2.48. The summed E-state index contributed by atoms with van der Waals surface area (Å²) in [5, 5.41) is 3.51. The van der Waals surface area contributed by atoms with Crippen LogP contribution in [0.4, 0.5) is 0 Å². The van der Waals surface area contributed by atoms with Crippen LogP contribution >= 0.6 is 0 Å². The zero-order valence-corrected chi connectivity index (χ0v) is 10.3. The minimum atomic E-state index is 0.490. The first-order chi connectivity index (χ1) is 8.92.